The van der Waals surface area contributed by atoms with Gasteiger partial charge >= 0.3 is 0 Å². The zero-order chi connectivity index (χ0) is 13.5. The highest BCUT2D eigenvalue weighted by Gasteiger charge is 2.10. The average Bonchev–Trinajstić information content (AvgIpc) is 2.37. The molecule has 1 atom stereocenters. The summed E-state index contributed by atoms with van der Waals surface area (Å²) >= 11 is 0. The number of rotatable bonds is 5. The third-order valence-electron chi connectivity index (χ3n) is 2.79. The van der Waals surface area contributed by atoms with E-state index in [0.29, 0.717) is 17.8 Å². The van der Waals surface area contributed by atoms with Crippen molar-refractivity contribution in [2.75, 3.05) is 10.6 Å². The maximum atomic E-state index is 11.7. The van der Waals surface area contributed by atoms with Crippen LogP contribution in [0.2, 0.25) is 0 Å². The van der Waals surface area contributed by atoms with Crippen molar-refractivity contribution < 1.29 is 9.59 Å². The molecule has 0 unspecified atom stereocenters. The average molecular weight is 248 g/mol. The van der Waals surface area contributed by atoms with Gasteiger partial charge in [-0.25, -0.2) is 0 Å². The molecule has 2 amide bonds. The van der Waals surface area contributed by atoms with Crippen molar-refractivity contribution in [3.8, 4) is 0 Å². The molecule has 0 fully saturated rings. The Balaban J connectivity index is 2.70. The summed E-state index contributed by atoms with van der Waals surface area (Å²) in [4.78, 5) is 23.0. The van der Waals surface area contributed by atoms with Crippen molar-refractivity contribution >= 4 is 23.2 Å². The Morgan fingerprint density at radius 3 is 2.33 bits per heavy atom. The highest BCUT2D eigenvalue weighted by atomic mass is 16.2. The molecule has 0 heterocycles. The van der Waals surface area contributed by atoms with Crippen molar-refractivity contribution in [1.29, 1.82) is 0 Å². The van der Waals surface area contributed by atoms with Crippen LogP contribution in [0.1, 0.15) is 33.6 Å². The molecule has 98 valence electrons. The van der Waals surface area contributed by atoms with E-state index in [0.717, 1.165) is 6.42 Å². The van der Waals surface area contributed by atoms with Crippen molar-refractivity contribution in [2.24, 2.45) is 5.92 Å². The topological polar surface area (TPSA) is 58.2 Å². The highest BCUT2D eigenvalue weighted by Crippen LogP contribution is 2.16. The minimum Gasteiger partial charge on any atom is -0.326 e. The fourth-order valence-corrected chi connectivity index (χ4v) is 1.37. The summed E-state index contributed by atoms with van der Waals surface area (Å²) < 4.78 is 0. The SMILES string of the molecule is CCC(=O)Nc1cccc(NC(=O)[C@@H](C)CC)c1. The summed E-state index contributed by atoms with van der Waals surface area (Å²) in [6.07, 6.45) is 1.24. The van der Waals surface area contributed by atoms with E-state index in [1.165, 1.54) is 0 Å². The quantitative estimate of drug-likeness (QED) is 0.841. The lowest BCUT2D eigenvalue weighted by atomic mass is 10.1. The lowest BCUT2D eigenvalue weighted by Crippen LogP contribution is -2.19. The van der Waals surface area contributed by atoms with E-state index in [1.54, 1.807) is 25.1 Å². The van der Waals surface area contributed by atoms with Gasteiger partial charge in [-0.05, 0) is 24.6 Å². The number of carbonyl (C=O) groups is 2. The first kappa shape index (κ1) is 14.2. The van der Waals surface area contributed by atoms with Gasteiger partial charge in [-0.15, -0.1) is 0 Å². The minimum atomic E-state index is -0.0413. The summed E-state index contributed by atoms with van der Waals surface area (Å²) in [5.74, 6) is -0.0595. The number of hydrogen-bond acceptors (Lipinski definition) is 2. The predicted octanol–water partition coefficient (Wildman–Crippen LogP) is 3.02. The Kier molecular flexibility index (Phi) is 5.36. The molecule has 18 heavy (non-hydrogen) atoms. The van der Waals surface area contributed by atoms with Crippen molar-refractivity contribution in [1.82, 2.24) is 0 Å². The van der Waals surface area contributed by atoms with E-state index >= 15 is 0 Å². The second-order valence-electron chi connectivity index (χ2n) is 4.28. The molecule has 0 saturated heterocycles. The maximum absolute atomic E-state index is 11.7. The molecule has 2 N–H and O–H groups in total. The second kappa shape index (κ2) is 6.79. The molecule has 0 aliphatic carbocycles. The summed E-state index contributed by atoms with van der Waals surface area (Å²) in [5.41, 5.74) is 1.40. The van der Waals surface area contributed by atoms with Crippen LogP contribution in [-0.4, -0.2) is 11.8 Å². The van der Waals surface area contributed by atoms with E-state index in [9.17, 15) is 9.59 Å². The lowest BCUT2D eigenvalue weighted by molar-refractivity contribution is -0.119. The van der Waals surface area contributed by atoms with E-state index < -0.39 is 0 Å². The number of hydrogen-bond donors (Lipinski definition) is 2. The smallest absolute Gasteiger partial charge is 0.227 e. The Bertz CT molecular complexity index is 430. The number of anilines is 2. The number of amides is 2. The third-order valence-corrected chi connectivity index (χ3v) is 2.79. The predicted molar refractivity (Wildman–Crippen MR) is 73.4 cm³/mol. The van der Waals surface area contributed by atoms with Crippen LogP contribution in [0.25, 0.3) is 0 Å². The Hall–Kier alpha value is -1.84. The fourth-order valence-electron chi connectivity index (χ4n) is 1.37. The molecular weight excluding hydrogens is 228 g/mol. The molecule has 0 bridgehead atoms. The monoisotopic (exact) mass is 248 g/mol. The molecule has 1 aromatic carbocycles. The molecule has 0 aliphatic heterocycles. The molecule has 0 radical (unpaired) electrons. The van der Waals surface area contributed by atoms with Gasteiger partial charge in [-0.2, -0.15) is 0 Å². The third kappa shape index (κ3) is 4.20. The summed E-state index contributed by atoms with van der Waals surface area (Å²) in [5, 5.41) is 5.59. The number of nitrogens with one attached hydrogen (secondary N) is 2. The van der Waals surface area contributed by atoms with E-state index in [4.69, 9.17) is 0 Å². The maximum Gasteiger partial charge on any atom is 0.227 e. The van der Waals surface area contributed by atoms with Gasteiger partial charge in [0.1, 0.15) is 0 Å². The zero-order valence-corrected chi connectivity index (χ0v) is 11.1. The van der Waals surface area contributed by atoms with Gasteiger partial charge in [-0.1, -0.05) is 26.8 Å². The molecule has 1 aromatic rings. The molecule has 0 aromatic heterocycles. The van der Waals surface area contributed by atoms with Crippen LogP contribution in [0.4, 0.5) is 11.4 Å². The van der Waals surface area contributed by atoms with Crippen LogP contribution in [0.5, 0.6) is 0 Å². The largest absolute Gasteiger partial charge is 0.326 e. The summed E-state index contributed by atoms with van der Waals surface area (Å²) in [7, 11) is 0. The van der Waals surface area contributed by atoms with Crippen LogP contribution < -0.4 is 10.6 Å². The van der Waals surface area contributed by atoms with Gasteiger partial charge in [0.2, 0.25) is 11.8 Å². The van der Waals surface area contributed by atoms with Gasteiger partial charge in [0.05, 0.1) is 0 Å². The van der Waals surface area contributed by atoms with Crippen LogP contribution >= 0.6 is 0 Å². The molecule has 0 aliphatic rings. The normalized spacial score (nSPS) is 11.7. The summed E-state index contributed by atoms with van der Waals surface area (Å²) in [6, 6.07) is 7.17. The van der Waals surface area contributed by atoms with Crippen molar-refractivity contribution in [2.45, 2.75) is 33.6 Å². The van der Waals surface area contributed by atoms with Crippen LogP contribution in [-0.2, 0) is 9.59 Å². The zero-order valence-electron chi connectivity index (χ0n) is 11.1. The van der Waals surface area contributed by atoms with Crippen molar-refractivity contribution in [3.63, 3.8) is 0 Å². The van der Waals surface area contributed by atoms with E-state index in [-0.39, 0.29) is 17.7 Å². The molecular formula is C14H20N2O2. The number of benzene rings is 1. The Morgan fingerprint density at radius 2 is 1.78 bits per heavy atom. The van der Waals surface area contributed by atoms with Crippen LogP contribution in [0.3, 0.4) is 0 Å². The van der Waals surface area contributed by atoms with E-state index in [2.05, 4.69) is 10.6 Å². The van der Waals surface area contributed by atoms with Gasteiger partial charge < -0.3 is 10.6 Å². The van der Waals surface area contributed by atoms with Gasteiger partial charge in [0, 0.05) is 23.7 Å². The van der Waals surface area contributed by atoms with Crippen molar-refractivity contribution in [3.05, 3.63) is 24.3 Å². The summed E-state index contributed by atoms with van der Waals surface area (Å²) in [6.45, 7) is 5.66. The first-order chi connectivity index (χ1) is 8.56. The highest BCUT2D eigenvalue weighted by molar-refractivity contribution is 5.94. The Morgan fingerprint density at radius 1 is 1.17 bits per heavy atom. The molecule has 0 saturated carbocycles. The first-order valence-corrected chi connectivity index (χ1v) is 6.27. The lowest BCUT2D eigenvalue weighted by Gasteiger charge is -2.11. The molecule has 0 spiro atoms. The first-order valence-electron chi connectivity index (χ1n) is 6.27. The number of carbonyl (C=O) groups excluding carboxylic acids is 2. The molecule has 1 rings (SSSR count). The fraction of sp³-hybridized carbons (Fsp3) is 0.429. The standard InChI is InChI=1S/C14H20N2O2/c1-4-10(3)14(18)16-12-8-6-7-11(9-12)15-13(17)5-2/h6-10H,4-5H2,1-3H3,(H,15,17)(H,16,18)/t10-/m0/s1. The van der Waals surface area contributed by atoms with Gasteiger partial charge in [-0.3, -0.25) is 9.59 Å². The minimum absolute atomic E-state index is 0.00327. The molecule has 4 heteroatoms. The van der Waals surface area contributed by atoms with Gasteiger partial charge in [0.25, 0.3) is 0 Å². The Labute approximate surface area is 108 Å². The molecule has 4 nitrogen and oxygen atoms in total. The van der Waals surface area contributed by atoms with Crippen LogP contribution in [0.15, 0.2) is 24.3 Å². The van der Waals surface area contributed by atoms with Gasteiger partial charge in [0.15, 0.2) is 0 Å². The van der Waals surface area contributed by atoms with E-state index in [1.807, 2.05) is 19.9 Å². The second-order valence-corrected chi connectivity index (χ2v) is 4.28. The van der Waals surface area contributed by atoms with Crippen LogP contribution in [0, 0.1) is 5.92 Å².